The van der Waals surface area contributed by atoms with Gasteiger partial charge in [-0.2, -0.15) is 0 Å². The summed E-state index contributed by atoms with van der Waals surface area (Å²) in [5.74, 6) is 0.0755. The monoisotopic (exact) mass is 249 g/mol. The van der Waals surface area contributed by atoms with E-state index >= 15 is 0 Å². The predicted molar refractivity (Wildman–Crippen MR) is 67.7 cm³/mol. The van der Waals surface area contributed by atoms with Crippen LogP contribution in [0.15, 0.2) is 24.5 Å². The first-order valence-corrected chi connectivity index (χ1v) is 6.30. The number of aromatic nitrogens is 1. The number of nitrogens with zero attached hydrogens (tertiary/aromatic N) is 2. The number of carbonyl (C=O) groups excluding carboxylic acids is 1. The van der Waals surface area contributed by atoms with Crippen molar-refractivity contribution in [1.29, 1.82) is 0 Å². The lowest BCUT2D eigenvalue weighted by Crippen LogP contribution is -2.47. The Morgan fingerprint density at radius 3 is 2.94 bits per heavy atom. The molecule has 5 nitrogen and oxygen atoms in total. The summed E-state index contributed by atoms with van der Waals surface area (Å²) in [6.07, 6.45) is 4.70. The SMILES string of the molecule is NCCCC1OCCN(Cc2ccncc2)C1=O. The molecule has 0 saturated carbocycles. The maximum atomic E-state index is 12.2. The van der Waals surface area contributed by atoms with Crippen molar-refractivity contribution in [3.63, 3.8) is 0 Å². The molecule has 0 aromatic carbocycles. The fraction of sp³-hybridized carbons (Fsp3) is 0.538. The van der Waals surface area contributed by atoms with Gasteiger partial charge in [-0.1, -0.05) is 0 Å². The van der Waals surface area contributed by atoms with Crippen LogP contribution in [-0.2, 0) is 16.1 Å². The highest BCUT2D eigenvalue weighted by atomic mass is 16.5. The standard InChI is InChI=1S/C13H19N3O2/c14-5-1-2-12-13(17)16(8-9-18-12)10-11-3-6-15-7-4-11/h3-4,6-7,12H,1-2,5,8-10,14H2. The summed E-state index contributed by atoms with van der Waals surface area (Å²) in [4.78, 5) is 18.0. The van der Waals surface area contributed by atoms with Gasteiger partial charge in [0.05, 0.1) is 6.61 Å². The molecule has 18 heavy (non-hydrogen) atoms. The van der Waals surface area contributed by atoms with E-state index in [4.69, 9.17) is 10.5 Å². The van der Waals surface area contributed by atoms with Crippen LogP contribution in [0.3, 0.4) is 0 Å². The zero-order chi connectivity index (χ0) is 12.8. The first-order chi connectivity index (χ1) is 8.81. The second kappa shape index (κ2) is 6.47. The fourth-order valence-corrected chi connectivity index (χ4v) is 2.07. The molecule has 0 radical (unpaired) electrons. The Morgan fingerprint density at radius 2 is 2.22 bits per heavy atom. The molecule has 1 aromatic rings. The quantitative estimate of drug-likeness (QED) is 0.827. The molecule has 0 bridgehead atoms. The van der Waals surface area contributed by atoms with E-state index in [9.17, 15) is 4.79 Å². The number of pyridine rings is 1. The molecule has 2 rings (SSSR count). The van der Waals surface area contributed by atoms with E-state index < -0.39 is 0 Å². The molecule has 1 unspecified atom stereocenters. The lowest BCUT2D eigenvalue weighted by Gasteiger charge is -2.32. The summed E-state index contributed by atoms with van der Waals surface area (Å²) in [7, 11) is 0. The maximum Gasteiger partial charge on any atom is 0.252 e. The Labute approximate surface area is 107 Å². The third-order valence-electron chi connectivity index (χ3n) is 3.06. The Kier molecular flexibility index (Phi) is 4.66. The van der Waals surface area contributed by atoms with Crippen LogP contribution < -0.4 is 5.73 Å². The Morgan fingerprint density at radius 1 is 1.44 bits per heavy atom. The Balaban J connectivity index is 1.94. The first kappa shape index (κ1) is 13.0. The zero-order valence-corrected chi connectivity index (χ0v) is 10.4. The summed E-state index contributed by atoms with van der Waals surface area (Å²) in [6, 6.07) is 3.86. The summed E-state index contributed by atoms with van der Waals surface area (Å²) in [5.41, 5.74) is 6.56. The molecular weight excluding hydrogens is 230 g/mol. The minimum atomic E-state index is -0.316. The van der Waals surface area contributed by atoms with Crippen molar-refractivity contribution >= 4 is 5.91 Å². The summed E-state index contributed by atoms with van der Waals surface area (Å²) >= 11 is 0. The minimum absolute atomic E-state index is 0.0755. The van der Waals surface area contributed by atoms with Crippen LogP contribution in [0.25, 0.3) is 0 Å². The van der Waals surface area contributed by atoms with Crippen molar-refractivity contribution in [2.75, 3.05) is 19.7 Å². The number of nitrogens with two attached hydrogens (primary N) is 1. The van der Waals surface area contributed by atoms with Crippen LogP contribution in [0.5, 0.6) is 0 Å². The molecule has 2 N–H and O–H groups in total. The molecule has 1 aliphatic rings. The van der Waals surface area contributed by atoms with E-state index in [1.807, 2.05) is 17.0 Å². The van der Waals surface area contributed by atoms with Crippen LogP contribution in [0, 0.1) is 0 Å². The molecule has 2 heterocycles. The van der Waals surface area contributed by atoms with Crippen molar-refractivity contribution < 1.29 is 9.53 Å². The van der Waals surface area contributed by atoms with Crippen molar-refractivity contribution in [3.05, 3.63) is 30.1 Å². The highest BCUT2D eigenvalue weighted by Crippen LogP contribution is 2.14. The maximum absolute atomic E-state index is 12.2. The number of amides is 1. The lowest BCUT2D eigenvalue weighted by atomic mass is 10.1. The molecule has 0 spiro atoms. The van der Waals surface area contributed by atoms with Gasteiger partial charge in [0.1, 0.15) is 6.10 Å². The topological polar surface area (TPSA) is 68.5 Å². The van der Waals surface area contributed by atoms with Crippen LogP contribution >= 0.6 is 0 Å². The van der Waals surface area contributed by atoms with Gasteiger partial charge in [-0.3, -0.25) is 9.78 Å². The molecule has 1 fully saturated rings. The molecule has 1 saturated heterocycles. The average molecular weight is 249 g/mol. The van der Waals surface area contributed by atoms with Gasteiger partial charge in [0.25, 0.3) is 5.91 Å². The second-order valence-electron chi connectivity index (χ2n) is 4.41. The van der Waals surface area contributed by atoms with Gasteiger partial charge in [0.15, 0.2) is 0 Å². The summed E-state index contributed by atoms with van der Waals surface area (Å²) in [5, 5.41) is 0. The van der Waals surface area contributed by atoms with Crippen molar-refractivity contribution in [2.45, 2.75) is 25.5 Å². The minimum Gasteiger partial charge on any atom is -0.367 e. The molecule has 98 valence electrons. The van der Waals surface area contributed by atoms with Crippen molar-refractivity contribution in [1.82, 2.24) is 9.88 Å². The van der Waals surface area contributed by atoms with Gasteiger partial charge in [0, 0.05) is 25.5 Å². The van der Waals surface area contributed by atoms with Gasteiger partial charge in [-0.25, -0.2) is 0 Å². The summed E-state index contributed by atoms with van der Waals surface area (Å²) < 4.78 is 5.50. The van der Waals surface area contributed by atoms with Crippen molar-refractivity contribution in [2.24, 2.45) is 5.73 Å². The molecule has 0 aliphatic carbocycles. The number of ether oxygens (including phenoxy) is 1. The smallest absolute Gasteiger partial charge is 0.252 e. The van der Waals surface area contributed by atoms with Crippen LogP contribution in [-0.4, -0.2) is 41.6 Å². The number of rotatable bonds is 5. The van der Waals surface area contributed by atoms with Gasteiger partial charge in [-0.05, 0) is 37.1 Å². The van der Waals surface area contributed by atoms with E-state index in [0.717, 1.165) is 12.0 Å². The van der Waals surface area contributed by atoms with Crippen molar-refractivity contribution in [3.8, 4) is 0 Å². The van der Waals surface area contributed by atoms with Gasteiger partial charge in [0.2, 0.25) is 0 Å². The van der Waals surface area contributed by atoms with E-state index in [1.165, 1.54) is 0 Å². The molecule has 5 heteroatoms. The largest absolute Gasteiger partial charge is 0.367 e. The van der Waals surface area contributed by atoms with Gasteiger partial charge in [-0.15, -0.1) is 0 Å². The molecule has 1 aromatic heterocycles. The van der Waals surface area contributed by atoms with Crippen LogP contribution in [0.1, 0.15) is 18.4 Å². The highest BCUT2D eigenvalue weighted by molar-refractivity contribution is 5.81. The first-order valence-electron chi connectivity index (χ1n) is 6.30. The molecule has 1 aliphatic heterocycles. The fourth-order valence-electron chi connectivity index (χ4n) is 2.07. The lowest BCUT2D eigenvalue weighted by molar-refractivity contribution is -0.154. The molecule has 1 amide bonds. The zero-order valence-electron chi connectivity index (χ0n) is 10.4. The number of morpholine rings is 1. The van der Waals surface area contributed by atoms with E-state index in [1.54, 1.807) is 12.4 Å². The van der Waals surface area contributed by atoms with E-state index in [0.29, 0.717) is 32.7 Å². The highest BCUT2D eigenvalue weighted by Gasteiger charge is 2.28. The van der Waals surface area contributed by atoms with Crippen LogP contribution in [0.4, 0.5) is 0 Å². The number of hydrogen-bond acceptors (Lipinski definition) is 4. The van der Waals surface area contributed by atoms with E-state index in [-0.39, 0.29) is 12.0 Å². The Bertz CT molecular complexity index is 383. The van der Waals surface area contributed by atoms with Gasteiger partial charge >= 0.3 is 0 Å². The normalized spacial score (nSPS) is 20.2. The average Bonchev–Trinajstić information content (AvgIpc) is 2.41. The Hall–Kier alpha value is -1.46. The predicted octanol–water partition coefficient (Wildman–Crippen LogP) is 0.548. The molecular formula is C13H19N3O2. The third kappa shape index (κ3) is 3.27. The summed E-state index contributed by atoms with van der Waals surface area (Å²) in [6.45, 7) is 2.48. The van der Waals surface area contributed by atoms with Crippen LogP contribution in [0.2, 0.25) is 0 Å². The van der Waals surface area contributed by atoms with E-state index in [2.05, 4.69) is 4.98 Å². The number of hydrogen-bond donors (Lipinski definition) is 1. The second-order valence-corrected chi connectivity index (χ2v) is 4.41. The van der Waals surface area contributed by atoms with Gasteiger partial charge < -0.3 is 15.4 Å². The molecule has 1 atom stereocenters. The number of carbonyl (C=O) groups is 1. The third-order valence-corrected chi connectivity index (χ3v) is 3.06.